The van der Waals surface area contributed by atoms with Crippen molar-refractivity contribution in [1.82, 2.24) is 5.32 Å². The summed E-state index contributed by atoms with van der Waals surface area (Å²) in [5.74, 6) is -0.849. The lowest BCUT2D eigenvalue weighted by Gasteiger charge is -2.08. The first-order valence-electron chi connectivity index (χ1n) is 8.93. The summed E-state index contributed by atoms with van der Waals surface area (Å²) in [4.78, 5) is 40.5. The smallest absolute Gasteiger partial charge is 0.270 e. The molecule has 29 heavy (non-hydrogen) atoms. The third-order valence-corrected chi connectivity index (χ3v) is 4.43. The van der Waals surface area contributed by atoms with Crippen molar-refractivity contribution in [3.8, 4) is 6.07 Å². The summed E-state index contributed by atoms with van der Waals surface area (Å²) in [6.07, 6.45) is 2.03. The molecule has 1 aliphatic heterocycles. The van der Waals surface area contributed by atoms with Crippen LogP contribution in [-0.4, -0.2) is 30.9 Å². The predicted molar refractivity (Wildman–Crippen MR) is 108 cm³/mol. The van der Waals surface area contributed by atoms with Crippen LogP contribution in [0.3, 0.4) is 0 Å². The van der Waals surface area contributed by atoms with E-state index in [1.807, 2.05) is 6.07 Å². The molecule has 0 unspecified atom stereocenters. The molecular formula is C22H18N4O3. The van der Waals surface area contributed by atoms with E-state index in [0.29, 0.717) is 28.8 Å². The highest BCUT2D eigenvalue weighted by atomic mass is 16.2. The van der Waals surface area contributed by atoms with Gasteiger partial charge in [-0.15, -0.1) is 0 Å². The van der Waals surface area contributed by atoms with Gasteiger partial charge in [0.1, 0.15) is 5.70 Å². The third-order valence-electron chi connectivity index (χ3n) is 4.43. The standard InChI is InChI=1S/C22H18N4O3/c1-24-22(29)20-18(10-11-25-20)21(28)26-17-8-4-14(5-9-17)12-19(27)16-6-2-15(13-23)3-7-16/h2-9,11H,10,12H2,1H3,(H,24,29)(H,26,28). The molecule has 0 bridgehead atoms. The van der Waals surface area contributed by atoms with Gasteiger partial charge in [0.15, 0.2) is 5.78 Å². The molecule has 2 amide bonds. The van der Waals surface area contributed by atoms with Crippen molar-refractivity contribution in [2.75, 3.05) is 12.4 Å². The summed E-state index contributed by atoms with van der Waals surface area (Å²) in [5.41, 5.74) is 2.83. The number of rotatable bonds is 6. The molecule has 0 aliphatic carbocycles. The zero-order valence-corrected chi connectivity index (χ0v) is 15.7. The largest absolute Gasteiger partial charge is 0.354 e. The minimum Gasteiger partial charge on any atom is -0.354 e. The normalized spacial score (nSPS) is 12.4. The first-order valence-corrected chi connectivity index (χ1v) is 8.93. The number of amides is 2. The number of nitrogens with one attached hydrogen (secondary N) is 2. The third kappa shape index (κ3) is 4.62. The van der Waals surface area contributed by atoms with E-state index in [1.54, 1.807) is 48.5 Å². The molecule has 7 heteroatoms. The maximum absolute atomic E-state index is 12.4. The molecule has 3 rings (SSSR count). The van der Waals surface area contributed by atoms with Crippen molar-refractivity contribution in [3.05, 3.63) is 76.5 Å². The summed E-state index contributed by atoms with van der Waals surface area (Å²) in [5, 5.41) is 14.0. The highest BCUT2D eigenvalue weighted by molar-refractivity contribution is 6.13. The average Bonchev–Trinajstić information content (AvgIpc) is 3.24. The van der Waals surface area contributed by atoms with Crippen LogP contribution in [0.15, 0.2) is 64.8 Å². The SMILES string of the molecule is CNC(=O)C1=C(C(=O)Nc2ccc(CC(=O)c3ccc(C#N)cc3)cc2)CC=N1. The van der Waals surface area contributed by atoms with Crippen LogP contribution in [-0.2, 0) is 16.0 Å². The number of ketones is 1. The van der Waals surface area contributed by atoms with Gasteiger partial charge in [0.05, 0.1) is 17.2 Å². The Kier molecular flexibility index (Phi) is 5.95. The summed E-state index contributed by atoms with van der Waals surface area (Å²) in [7, 11) is 1.48. The molecule has 144 valence electrons. The van der Waals surface area contributed by atoms with Crippen molar-refractivity contribution in [3.63, 3.8) is 0 Å². The molecule has 2 aromatic carbocycles. The molecule has 7 nitrogen and oxygen atoms in total. The Labute approximate surface area is 167 Å². The van der Waals surface area contributed by atoms with Gasteiger partial charge in [-0.1, -0.05) is 24.3 Å². The number of nitriles is 1. The van der Waals surface area contributed by atoms with Gasteiger partial charge in [-0.25, -0.2) is 0 Å². The first-order chi connectivity index (χ1) is 14.0. The second kappa shape index (κ2) is 8.76. The van der Waals surface area contributed by atoms with Gasteiger partial charge < -0.3 is 10.6 Å². The number of hydrogen-bond acceptors (Lipinski definition) is 5. The Hall–Kier alpha value is -4.05. The molecule has 0 atom stereocenters. The Morgan fingerprint density at radius 1 is 1.03 bits per heavy atom. The van der Waals surface area contributed by atoms with E-state index in [4.69, 9.17) is 5.26 Å². The Morgan fingerprint density at radius 2 is 1.72 bits per heavy atom. The van der Waals surface area contributed by atoms with Gasteiger partial charge in [0.2, 0.25) is 0 Å². The van der Waals surface area contributed by atoms with Gasteiger partial charge in [-0.3, -0.25) is 19.4 Å². The number of aliphatic imine (C=N–C) groups is 1. The lowest BCUT2D eigenvalue weighted by molar-refractivity contribution is -0.118. The van der Waals surface area contributed by atoms with Gasteiger partial charge in [0.25, 0.3) is 11.8 Å². The summed E-state index contributed by atoms with van der Waals surface area (Å²) >= 11 is 0. The van der Waals surface area contributed by atoms with E-state index in [9.17, 15) is 14.4 Å². The van der Waals surface area contributed by atoms with Crippen molar-refractivity contribution < 1.29 is 14.4 Å². The van der Waals surface area contributed by atoms with Crippen LogP contribution < -0.4 is 10.6 Å². The van der Waals surface area contributed by atoms with Crippen molar-refractivity contribution in [2.24, 2.45) is 4.99 Å². The molecule has 2 N–H and O–H groups in total. The zero-order valence-electron chi connectivity index (χ0n) is 15.7. The molecule has 0 radical (unpaired) electrons. The van der Waals surface area contributed by atoms with E-state index < -0.39 is 5.91 Å². The Bertz CT molecular complexity index is 1060. The minimum absolute atomic E-state index is 0.0604. The summed E-state index contributed by atoms with van der Waals surface area (Å²) in [6, 6.07) is 15.4. The highest BCUT2D eigenvalue weighted by Crippen LogP contribution is 2.19. The van der Waals surface area contributed by atoms with Crippen LogP contribution in [0.1, 0.15) is 27.9 Å². The van der Waals surface area contributed by atoms with Crippen LogP contribution in [0, 0.1) is 11.3 Å². The zero-order chi connectivity index (χ0) is 20.8. The van der Waals surface area contributed by atoms with Crippen molar-refractivity contribution in [2.45, 2.75) is 12.8 Å². The van der Waals surface area contributed by atoms with Gasteiger partial charge >= 0.3 is 0 Å². The monoisotopic (exact) mass is 386 g/mol. The fraction of sp³-hybridized carbons (Fsp3) is 0.136. The number of anilines is 1. The fourth-order valence-corrected chi connectivity index (χ4v) is 2.85. The highest BCUT2D eigenvalue weighted by Gasteiger charge is 2.23. The van der Waals surface area contributed by atoms with E-state index in [0.717, 1.165) is 5.56 Å². The molecule has 2 aromatic rings. The molecule has 0 saturated carbocycles. The molecule has 1 heterocycles. The Morgan fingerprint density at radius 3 is 2.34 bits per heavy atom. The topological polar surface area (TPSA) is 111 Å². The van der Waals surface area contributed by atoms with Crippen LogP contribution in [0.5, 0.6) is 0 Å². The van der Waals surface area contributed by atoms with E-state index in [2.05, 4.69) is 15.6 Å². The maximum atomic E-state index is 12.4. The molecule has 1 aliphatic rings. The second-order valence-corrected chi connectivity index (χ2v) is 6.36. The quantitative estimate of drug-likeness (QED) is 0.743. The average molecular weight is 386 g/mol. The first kappa shape index (κ1) is 19.7. The maximum Gasteiger partial charge on any atom is 0.270 e. The fourth-order valence-electron chi connectivity index (χ4n) is 2.85. The van der Waals surface area contributed by atoms with Crippen LogP contribution in [0.4, 0.5) is 5.69 Å². The van der Waals surface area contributed by atoms with Crippen LogP contribution in [0.25, 0.3) is 0 Å². The molecule has 0 spiro atoms. The molecular weight excluding hydrogens is 368 g/mol. The minimum atomic E-state index is -0.402. The van der Waals surface area contributed by atoms with Gasteiger partial charge in [-0.05, 0) is 29.8 Å². The number of hydrogen-bond donors (Lipinski definition) is 2. The van der Waals surface area contributed by atoms with Crippen LogP contribution in [0.2, 0.25) is 0 Å². The summed E-state index contributed by atoms with van der Waals surface area (Å²) in [6.45, 7) is 0. The van der Waals surface area contributed by atoms with Crippen molar-refractivity contribution in [1.29, 1.82) is 5.26 Å². The number of carbonyl (C=O) groups excluding carboxylic acids is 3. The molecule has 0 saturated heterocycles. The van der Waals surface area contributed by atoms with Gasteiger partial charge in [0, 0.05) is 37.4 Å². The van der Waals surface area contributed by atoms with E-state index in [-0.39, 0.29) is 23.8 Å². The molecule has 0 fully saturated rings. The predicted octanol–water partition coefficient (Wildman–Crippen LogP) is 2.40. The number of Topliss-reactive ketones (excluding diaryl/α,β-unsaturated/α-hetero) is 1. The molecule has 0 aromatic heterocycles. The van der Waals surface area contributed by atoms with E-state index >= 15 is 0 Å². The summed E-state index contributed by atoms with van der Waals surface area (Å²) < 4.78 is 0. The second-order valence-electron chi connectivity index (χ2n) is 6.36. The number of nitrogens with zero attached hydrogens (tertiary/aromatic N) is 2. The lowest BCUT2D eigenvalue weighted by atomic mass is 10.0. The van der Waals surface area contributed by atoms with E-state index in [1.165, 1.54) is 13.3 Å². The van der Waals surface area contributed by atoms with Crippen molar-refractivity contribution >= 4 is 29.5 Å². The number of benzene rings is 2. The van der Waals surface area contributed by atoms with Crippen LogP contribution >= 0.6 is 0 Å². The number of carbonyl (C=O) groups is 3. The lowest BCUT2D eigenvalue weighted by Crippen LogP contribution is -2.23. The van der Waals surface area contributed by atoms with Gasteiger partial charge in [-0.2, -0.15) is 5.26 Å². The number of likely N-dealkylation sites (N-methyl/N-ethyl adjacent to an activating group) is 1. The Balaban J connectivity index is 1.64.